The van der Waals surface area contributed by atoms with E-state index in [9.17, 15) is 9.59 Å². The van der Waals surface area contributed by atoms with Gasteiger partial charge in [0.1, 0.15) is 0 Å². The molecule has 0 aliphatic carbocycles. The lowest BCUT2D eigenvalue weighted by atomic mass is 10.0. The van der Waals surface area contributed by atoms with Crippen molar-refractivity contribution < 1.29 is 9.59 Å². The highest BCUT2D eigenvalue weighted by Gasteiger charge is 2.21. The number of hydrogen-bond acceptors (Lipinski definition) is 3. The Morgan fingerprint density at radius 1 is 1.04 bits per heavy atom. The van der Waals surface area contributed by atoms with Gasteiger partial charge in [-0.15, -0.1) is 0 Å². The summed E-state index contributed by atoms with van der Waals surface area (Å²) in [5.41, 5.74) is 3.76. The van der Waals surface area contributed by atoms with E-state index in [0.29, 0.717) is 18.7 Å². The molecule has 1 N–H and O–H groups in total. The van der Waals surface area contributed by atoms with Crippen LogP contribution < -0.4 is 10.2 Å². The highest BCUT2D eigenvalue weighted by molar-refractivity contribution is 5.97. The fraction of sp³-hybridized carbons (Fsp3) is 0.364. The second-order valence-electron chi connectivity index (χ2n) is 6.69. The van der Waals surface area contributed by atoms with Crippen molar-refractivity contribution in [1.82, 2.24) is 4.90 Å². The van der Waals surface area contributed by atoms with Gasteiger partial charge in [-0.05, 0) is 62.6 Å². The van der Waals surface area contributed by atoms with E-state index in [1.165, 1.54) is 5.56 Å². The zero-order valence-corrected chi connectivity index (χ0v) is 16.1. The summed E-state index contributed by atoms with van der Waals surface area (Å²) in [5.74, 6) is 0.0954. The standard InChI is InChI=1S/C22H27N3O2/c1-3-24(4-2)22(27)18-11-13-19(14-12-18)23-16-21(26)25-15-7-9-17-8-5-6-10-20(17)25/h5-6,8,10-14,23H,3-4,7,9,15-16H2,1-2H3. The number of carbonyl (C=O) groups excluding carboxylic acids is 2. The largest absolute Gasteiger partial charge is 0.376 e. The predicted molar refractivity (Wildman–Crippen MR) is 109 cm³/mol. The third-order valence-corrected chi connectivity index (χ3v) is 5.04. The predicted octanol–water partition coefficient (Wildman–Crippen LogP) is 3.56. The fourth-order valence-electron chi connectivity index (χ4n) is 3.49. The number of nitrogens with one attached hydrogen (secondary N) is 1. The summed E-state index contributed by atoms with van der Waals surface area (Å²) in [6.07, 6.45) is 2.01. The van der Waals surface area contributed by atoms with Crippen LogP contribution >= 0.6 is 0 Å². The molecule has 0 spiro atoms. The van der Waals surface area contributed by atoms with Gasteiger partial charge in [0.25, 0.3) is 5.91 Å². The first-order valence-corrected chi connectivity index (χ1v) is 9.65. The van der Waals surface area contributed by atoms with Crippen LogP contribution in [0, 0.1) is 0 Å². The molecule has 0 fully saturated rings. The van der Waals surface area contributed by atoms with Crippen LogP contribution in [-0.4, -0.2) is 42.9 Å². The SMILES string of the molecule is CCN(CC)C(=O)c1ccc(NCC(=O)N2CCCc3ccccc32)cc1. The molecular weight excluding hydrogens is 338 g/mol. The molecule has 2 aromatic carbocycles. The Kier molecular flexibility index (Phi) is 6.12. The maximum atomic E-state index is 12.7. The van der Waals surface area contributed by atoms with Crippen molar-refractivity contribution in [3.63, 3.8) is 0 Å². The Bertz CT molecular complexity index is 797. The first-order chi connectivity index (χ1) is 13.1. The van der Waals surface area contributed by atoms with Crippen LogP contribution in [0.25, 0.3) is 0 Å². The average molecular weight is 365 g/mol. The molecule has 1 heterocycles. The molecule has 0 saturated heterocycles. The van der Waals surface area contributed by atoms with E-state index >= 15 is 0 Å². The summed E-state index contributed by atoms with van der Waals surface area (Å²) in [6, 6.07) is 15.4. The van der Waals surface area contributed by atoms with E-state index in [-0.39, 0.29) is 18.4 Å². The van der Waals surface area contributed by atoms with E-state index < -0.39 is 0 Å². The van der Waals surface area contributed by atoms with Crippen molar-refractivity contribution >= 4 is 23.2 Å². The monoisotopic (exact) mass is 365 g/mol. The van der Waals surface area contributed by atoms with Crippen LogP contribution in [0.3, 0.4) is 0 Å². The highest BCUT2D eigenvalue weighted by atomic mass is 16.2. The van der Waals surface area contributed by atoms with Gasteiger partial charge in [0, 0.05) is 36.6 Å². The van der Waals surface area contributed by atoms with Gasteiger partial charge in [-0.3, -0.25) is 9.59 Å². The summed E-state index contributed by atoms with van der Waals surface area (Å²) in [5, 5.41) is 3.18. The summed E-state index contributed by atoms with van der Waals surface area (Å²) in [4.78, 5) is 28.7. The van der Waals surface area contributed by atoms with Crippen LogP contribution in [0.1, 0.15) is 36.2 Å². The maximum Gasteiger partial charge on any atom is 0.253 e. The number of amides is 2. The summed E-state index contributed by atoms with van der Waals surface area (Å²) in [6.45, 7) is 6.33. The van der Waals surface area contributed by atoms with Gasteiger partial charge in [-0.1, -0.05) is 18.2 Å². The van der Waals surface area contributed by atoms with E-state index in [2.05, 4.69) is 11.4 Å². The number of benzene rings is 2. The van der Waals surface area contributed by atoms with Crippen LogP contribution in [0.15, 0.2) is 48.5 Å². The van der Waals surface area contributed by atoms with E-state index in [1.807, 2.05) is 61.2 Å². The maximum absolute atomic E-state index is 12.7. The quantitative estimate of drug-likeness (QED) is 0.852. The molecule has 3 rings (SSSR count). The van der Waals surface area contributed by atoms with Gasteiger partial charge >= 0.3 is 0 Å². The Morgan fingerprint density at radius 3 is 2.44 bits per heavy atom. The zero-order valence-electron chi connectivity index (χ0n) is 16.1. The average Bonchev–Trinajstić information content (AvgIpc) is 2.72. The van der Waals surface area contributed by atoms with Gasteiger partial charge < -0.3 is 15.1 Å². The van der Waals surface area contributed by atoms with E-state index in [4.69, 9.17) is 0 Å². The van der Waals surface area contributed by atoms with Crippen LogP contribution in [-0.2, 0) is 11.2 Å². The molecule has 1 aliphatic rings. The van der Waals surface area contributed by atoms with Crippen molar-refractivity contribution in [2.24, 2.45) is 0 Å². The lowest BCUT2D eigenvalue weighted by Gasteiger charge is -2.29. The zero-order chi connectivity index (χ0) is 19.2. The van der Waals surface area contributed by atoms with Crippen molar-refractivity contribution in [3.05, 3.63) is 59.7 Å². The van der Waals surface area contributed by atoms with Crippen molar-refractivity contribution in [2.45, 2.75) is 26.7 Å². The molecule has 0 saturated carbocycles. The Hall–Kier alpha value is -2.82. The molecule has 0 bridgehead atoms. The molecule has 0 unspecified atom stereocenters. The molecule has 2 aromatic rings. The molecule has 1 aliphatic heterocycles. The number of nitrogens with zero attached hydrogens (tertiary/aromatic N) is 2. The van der Waals surface area contributed by atoms with Gasteiger partial charge in [0.05, 0.1) is 6.54 Å². The molecular formula is C22H27N3O2. The highest BCUT2D eigenvalue weighted by Crippen LogP contribution is 2.26. The molecule has 142 valence electrons. The van der Waals surface area contributed by atoms with E-state index in [1.54, 1.807) is 4.90 Å². The third kappa shape index (κ3) is 4.30. The first-order valence-electron chi connectivity index (χ1n) is 9.65. The number of rotatable bonds is 6. The molecule has 2 amide bonds. The minimum atomic E-state index is 0.0348. The van der Waals surface area contributed by atoms with Crippen LogP contribution in [0.4, 0.5) is 11.4 Å². The van der Waals surface area contributed by atoms with Crippen LogP contribution in [0.2, 0.25) is 0 Å². The summed E-state index contributed by atoms with van der Waals surface area (Å²) >= 11 is 0. The molecule has 0 radical (unpaired) electrons. The van der Waals surface area contributed by atoms with Crippen molar-refractivity contribution in [1.29, 1.82) is 0 Å². The smallest absolute Gasteiger partial charge is 0.253 e. The minimum absolute atomic E-state index is 0.0348. The third-order valence-electron chi connectivity index (χ3n) is 5.04. The van der Waals surface area contributed by atoms with Crippen LogP contribution in [0.5, 0.6) is 0 Å². The number of anilines is 2. The van der Waals surface area contributed by atoms with Gasteiger partial charge in [0.15, 0.2) is 0 Å². The first kappa shape index (κ1) is 19.0. The molecule has 27 heavy (non-hydrogen) atoms. The fourth-order valence-corrected chi connectivity index (χ4v) is 3.49. The molecule has 0 aromatic heterocycles. The molecule has 0 atom stereocenters. The topological polar surface area (TPSA) is 52.7 Å². The number of para-hydroxylation sites is 1. The Balaban J connectivity index is 1.61. The second kappa shape index (κ2) is 8.71. The number of fused-ring (bicyclic) bond motifs is 1. The minimum Gasteiger partial charge on any atom is -0.376 e. The Morgan fingerprint density at radius 2 is 1.74 bits per heavy atom. The number of aryl methyl sites for hydroxylation is 1. The molecule has 5 nitrogen and oxygen atoms in total. The number of hydrogen-bond donors (Lipinski definition) is 1. The molecule has 5 heteroatoms. The second-order valence-corrected chi connectivity index (χ2v) is 6.69. The number of carbonyl (C=O) groups is 2. The van der Waals surface area contributed by atoms with E-state index in [0.717, 1.165) is 30.8 Å². The van der Waals surface area contributed by atoms with Crippen molar-refractivity contribution in [3.8, 4) is 0 Å². The lowest BCUT2D eigenvalue weighted by molar-refractivity contribution is -0.117. The van der Waals surface area contributed by atoms with Gasteiger partial charge in [-0.25, -0.2) is 0 Å². The lowest BCUT2D eigenvalue weighted by Crippen LogP contribution is -2.39. The summed E-state index contributed by atoms with van der Waals surface area (Å²) in [7, 11) is 0. The van der Waals surface area contributed by atoms with Gasteiger partial charge in [-0.2, -0.15) is 0 Å². The van der Waals surface area contributed by atoms with Crippen molar-refractivity contribution in [2.75, 3.05) is 36.4 Å². The van der Waals surface area contributed by atoms with Gasteiger partial charge in [0.2, 0.25) is 5.91 Å². The Labute approximate surface area is 161 Å². The normalized spacial score (nSPS) is 13.0. The summed E-state index contributed by atoms with van der Waals surface area (Å²) < 4.78 is 0.